The zero-order valence-corrected chi connectivity index (χ0v) is 11.3. The van der Waals surface area contributed by atoms with Crippen LogP contribution in [0.1, 0.15) is 18.1 Å². The smallest absolute Gasteiger partial charge is 0.151 e. The molecule has 0 saturated heterocycles. The van der Waals surface area contributed by atoms with Gasteiger partial charge in [-0.05, 0) is 31.4 Å². The van der Waals surface area contributed by atoms with Gasteiger partial charge < -0.3 is 0 Å². The van der Waals surface area contributed by atoms with E-state index in [4.69, 9.17) is 5.84 Å². The van der Waals surface area contributed by atoms with Crippen molar-refractivity contribution in [3.8, 4) is 0 Å². The molecule has 1 aromatic carbocycles. The number of sulfone groups is 1. The molecule has 17 heavy (non-hydrogen) atoms. The van der Waals surface area contributed by atoms with Crippen LogP contribution in [-0.2, 0) is 16.3 Å². The highest BCUT2D eigenvalue weighted by Gasteiger charge is 2.25. The summed E-state index contributed by atoms with van der Waals surface area (Å²) in [4.78, 5) is 0. The van der Waals surface area contributed by atoms with E-state index in [0.29, 0.717) is 6.42 Å². The maximum Gasteiger partial charge on any atom is 0.151 e. The minimum absolute atomic E-state index is 0.272. The van der Waals surface area contributed by atoms with Gasteiger partial charge in [-0.25, -0.2) is 8.42 Å². The summed E-state index contributed by atoms with van der Waals surface area (Å²) >= 11 is 0. The molecule has 0 aliphatic carbocycles. The number of nitrogens with two attached hydrogens (primary N) is 1. The highest BCUT2D eigenvalue weighted by atomic mass is 32.2. The third kappa shape index (κ3) is 3.80. The fourth-order valence-electron chi connectivity index (χ4n) is 1.73. The number of benzene rings is 1. The van der Waals surface area contributed by atoms with Gasteiger partial charge in [0.05, 0.1) is 5.25 Å². The second-order valence-electron chi connectivity index (χ2n) is 4.44. The van der Waals surface area contributed by atoms with Crippen molar-refractivity contribution < 1.29 is 8.42 Å². The van der Waals surface area contributed by atoms with Gasteiger partial charge in [0, 0.05) is 12.3 Å². The zero-order valence-electron chi connectivity index (χ0n) is 10.5. The third-order valence-electron chi connectivity index (χ3n) is 3.16. The van der Waals surface area contributed by atoms with Gasteiger partial charge >= 0.3 is 0 Å². The molecule has 96 valence electrons. The third-order valence-corrected chi connectivity index (χ3v) is 4.84. The predicted octanol–water partition coefficient (Wildman–Crippen LogP) is 0.803. The molecule has 5 heteroatoms. The van der Waals surface area contributed by atoms with Gasteiger partial charge in [-0.1, -0.05) is 24.3 Å². The van der Waals surface area contributed by atoms with Crippen LogP contribution in [0.2, 0.25) is 0 Å². The molecule has 0 aliphatic rings. The van der Waals surface area contributed by atoms with Crippen LogP contribution < -0.4 is 11.3 Å². The van der Waals surface area contributed by atoms with Gasteiger partial charge in [0.1, 0.15) is 0 Å². The standard InChI is InChI=1S/C12H20N2O2S/c1-9-6-4-5-7-11(9)8-12(14-13)10(2)17(3,15)16/h4-7,10,12,14H,8,13H2,1-3H3. The summed E-state index contributed by atoms with van der Waals surface area (Å²) in [5.74, 6) is 5.45. The van der Waals surface area contributed by atoms with Crippen LogP contribution in [0.4, 0.5) is 0 Å². The van der Waals surface area contributed by atoms with E-state index in [1.807, 2.05) is 31.2 Å². The Kier molecular flexibility index (Phi) is 4.68. The molecule has 1 aromatic rings. The van der Waals surface area contributed by atoms with Crippen LogP contribution in [0.3, 0.4) is 0 Å². The van der Waals surface area contributed by atoms with E-state index in [1.54, 1.807) is 6.92 Å². The molecule has 0 heterocycles. The van der Waals surface area contributed by atoms with Crippen LogP contribution in [0, 0.1) is 6.92 Å². The van der Waals surface area contributed by atoms with Crippen LogP contribution in [0.5, 0.6) is 0 Å². The van der Waals surface area contributed by atoms with Crippen LogP contribution in [-0.4, -0.2) is 26.0 Å². The molecule has 4 nitrogen and oxygen atoms in total. The lowest BCUT2D eigenvalue weighted by Crippen LogP contribution is -2.47. The summed E-state index contributed by atoms with van der Waals surface area (Å²) in [6.07, 6.45) is 1.84. The minimum Gasteiger partial charge on any atom is -0.271 e. The largest absolute Gasteiger partial charge is 0.271 e. The number of aryl methyl sites for hydroxylation is 1. The summed E-state index contributed by atoms with van der Waals surface area (Å²) < 4.78 is 23.0. The number of hydrogen-bond acceptors (Lipinski definition) is 4. The Morgan fingerprint density at radius 3 is 2.41 bits per heavy atom. The molecule has 0 spiro atoms. The summed E-state index contributed by atoms with van der Waals surface area (Å²) in [6.45, 7) is 3.69. The number of nitrogens with one attached hydrogen (secondary N) is 1. The zero-order chi connectivity index (χ0) is 13.1. The Morgan fingerprint density at radius 2 is 1.94 bits per heavy atom. The Bertz CT molecular complexity index is 471. The highest BCUT2D eigenvalue weighted by Crippen LogP contribution is 2.14. The molecule has 0 saturated carbocycles. The topological polar surface area (TPSA) is 72.2 Å². The highest BCUT2D eigenvalue weighted by molar-refractivity contribution is 7.91. The first-order valence-electron chi connectivity index (χ1n) is 5.55. The Labute approximate surface area is 103 Å². The normalized spacial score (nSPS) is 15.5. The van der Waals surface area contributed by atoms with E-state index in [0.717, 1.165) is 11.1 Å². The molecule has 0 bridgehead atoms. The fourth-order valence-corrected chi connectivity index (χ4v) is 2.51. The quantitative estimate of drug-likeness (QED) is 0.604. The predicted molar refractivity (Wildman–Crippen MR) is 70.3 cm³/mol. The van der Waals surface area contributed by atoms with Crippen molar-refractivity contribution in [2.24, 2.45) is 5.84 Å². The second-order valence-corrected chi connectivity index (χ2v) is 6.84. The molecular formula is C12H20N2O2S. The van der Waals surface area contributed by atoms with Crippen molar-refractivity contribution >= 4 is 9.84 Å². The van der Waals surface area contributed by atoms with Gasteiger partial charge in [-0.2, -0.15) is 0 Å². The molecule has 0 fully saturated rings. The molecule has 0 aliphatic heterocycles. The maximum atomic E-state index is 11.5. The minimum atomic E-state index is -3.09. The summed E-state index contributed by atoms with van der Waals surface area (Å²) in [6, 6.07) is 7.64. The Balaban J connectivity index is 2.88. The van der Waals surface area contributed by atoms with Crippen molar-refractivity contribution in [2.45, 2.75) is 31.6 Å². The first kappa shape index (κ1) is 14.2. The van der Waals surface area contributed by atoms with Crippen molar-refractivity contribution in [3.63, 3.8) is 0 Å². The van der Waals surface area contributed by atoms with E-state index in [2.05, 4.69) is 5.43 Å². The summed E-state index contributed by atoms with van der Waals surface area (Å²) in [5, 5.41) is -0.507. The molecule has 0 aromatic heterocycles. The summed E-state index contributed by atoms with van der Waals surface area (Å²) in [5.41, 5.74) is 4.87. The van der Waals surface area contributed by atoms with E-state index in [-0.39, 0.29) is 6.04 Å². The number of hydrazine groups is 1. The SMILES string of the molecule is Cc1ccccc1CC(NN)C(C)S(C)(=O)=O. The summed E-state index contributed by atoms with van der Waals surface area (Å²) in [7, 11) is -3.09. The Morgan fingerprint density at radius 1 is 1.35 bits per heavy atom. The fraction of sp³-hybridized carbons (Fsp3) is 0.500. The monoisotopic (exact) mass is 256 g/mol. The van der Waals surface area contributed by atoms with Crippen LogP contribution in [0.25, 0.3) is 0 Å². The molecular weight excluding hydrogens is 236 g/mol. The molecule has 1 rings (SSSR count). The first-order valence-corrected chi connectivity index (χ1v) is 7.51. The van der Waals surface area contributed by atoms with E-state index in [9.17, 15) is 8.42 Å². The van der Waals surface area contributed by atoms with E-state index >= 15 is 0 Å². The van der Waals surface area contributed by atoms with Crippen molar-refractivity contribution in [2.75, 3.05) is 6.26 Å². The lowest BCUT2D eigenvalue weighted by molar-refractivity contribution is 0.493. The number of rotatable bonds is 5. The molecule has 0 radical (unpaired) electrons. The average molecular weight is 256 g/mol. The van der Waals surface area contributed by atoms with Gasteiger partial charge in [-0.15, -0.1) is 0 Å². The maximum absolute atomic E-state index is 11.5. The van der Waals surface area contributed by atoms with Gasteiger partial charge in [0.25, 0.3) is 0 Å². The molecule has 2 atom stereocenters. The van der Waals surface area contributed by atoms with Gasteiger partial charge in [-0.3, -0.25) is 11.3 Å². The second kappa shape index (κ2) is 5.62. The van der Waals surface area contributed by atoms with Crippen LogP contribution in [0.15, 0.2) is 24.3 Å². The number of hydrogen-bond donors (Lipinski definition) is 2. The Hall–Kier alpha value is -0.910. The van der Waals surface area contributed by atoms with Crippen molar-refractivity contribution in [1.29, 1.82) is 0 Å². The molecule has 2 unspecified atom stereocenters. The lowest BCUT2D eigenvalue weighted by Gasteiger charge is -2.22. The van der Waals surface area contributed by atoms with E-state index < -0.39 is 15.1 Å². The van der Waals surface area contributed by atoms with Crippen molar-refractivity contribution in [1.82, 2.24) is 5.43 Å². The van der Waals surface area contributed by atoms with Gasteiger partial charge in [0.2, 0.25) is 0 Å². The van der Waals surface area contributed by atoms with Gasteiger partial charge in [0.15, 0.2) is 9.84 Å². The molecule has 0 amide bonds. The first-order chi connectivity index (χ1) is 7.86. The molecule has 3 N–H and O–H groups in total. The van der Waals surface area contributed by atoms with Crippen LogP contribution >= 0.6 is 0 Å². The average Bonchev–Trinajstić information content (AvgIpc) is 2.26. The van der Waals surface area contributed by atoms with E-state index in [1.165, 1.54) is 6.26 Å². The van der Waals surface area contributed by atoms with Crippen molar-refractivity contribution in [3.05, 3.63) is 35.4 Å². The lowest BCUT2D eigenvalue weighted by atomic mass is 10.00.